The van der Waals surface area contributed by atoms with Crippen LogP contribution in [0.2, 0.25) is 5.02 Å². The first kappa shape index (κ1) is 8.88. The Morgan fingerprint density at radius 2 is 2.31 bits per heavy atom. The number of ether oxygens (including phenoxy) is 1. The third kappa shape index (κ3) is 1.65. The molecule has 0 bridgehead atoms. The van der Waals surface area contributed by atoms with Crippen LogP contribution < -0.4 is 10.1 Å². The summed E-state index contributed by atoms with van der Waals surface area (Å²) in [7, 11) is 0. The van der Waals surface area contributed by atoms with Crippen molar-refractivity contribution in [3.63, 3.8) is 0 Å². The number of halogens is 1. The van der Waals surface area contributed by atoms with E-state index in [1.807, 2.05) is 0 Å². The molecule has 1 amide bonds. The summed E-state index contributed by atoms with van der Waals surface area (Å²) in [6.07, 6.45) is 0. The van der Waals surface area contributed by atoms with Crippen molar-refractivity contribution in [3.05, 3.63) is 23.2 Å². The molecule has 1 atom stereocenters. The Bertz CT molecular complexity index is 369. The van der Waals surface area contributed by atoms with E-state index >= 15 is 0 Å². The van der Waals surface area contributed by atoms with E-state index in [-0.39, 0.29) is 5.91 Å². The minimum absolute atomic E-state index is 0.255. The molecule has 0 aromatic heterocycles. The number of hydrogen-bond acceptors (Lipinski definition) is 2. The maximum absolute atomic E-state index is 11.1. The number of nitrogens with one attached hydrogen (secondary N) is 1. The number of amides is 1. The van der Waals surface area contributed by atoms with E-state index in [9.17, 15) is 4.79 Å². The average Bonchev–Trinajstić information content (AvgIpc) is 2.08. The van der Waals surface area contributed by atoms with Gasteiger partial charge in [-0.25, -0.2) is 0 Å². The molecule has 0 saturated heterocycles. The van der Waals surface area contributed by atoms with Crippen molar-refractivity contribution >= 4 is 23.2 Å². The van der Waals surface area contributed by atoms with Crippen LogP contribution in [0.4, 0.5) is 5.69 Å². The summed E-state index contributed by atoms with van der Waals surface area (Å²) < 4.78 is 5.22. The van der Waals surface area contributed by atoms with Gasteiger partial charge in [0.25, 0.3) is 0 Å². The van der Waals surface area contributed by atoms with Gasteiger partial charge in [0.15, 0.2) is 0 Å². The second-order valence-electron chi connectivity index (χ2n) is 2.55. The maximum atomic E-state index is 11.1. The molecule has 0 fully saturated rings. The van der Waals surface area contributed by atoms with Crippen molar-refractivity contribution in [3.8, 4) is 5.75 Å². The molecule has 1 aromatic carbocycles. The Hall–Kier alpha value is -0.701. The van der Waals surface area contributed by atoms with E-state index < -0.39 is 5.00 Å². The Labute approximate surface area is 88.2 Å². The van der Waals surface area contributed by atoms with Crippen LogP contribution in [0.3, 0.4) is 0 Å². The van der Waals surface area contributed by atoms with Gasteiger partial charge in [-0.05, 0) is 0 Å². The number of fused-ring (bicyclic) bond motifs is 1. The predicted octanol–water partition coefficient (Wildman–Crippen LogP) is 1.54. The first-order valence-corrected chi connectivity index (χ1v) is 4.58. The van der Waals surface area contributed by atoms with Crippen LogP contribution in [0.15, 0.2) is 18.2 Å². The second-order valence-corrected chi connectivity index (χ2v) is 3.57. The molecule has 1 unspecified atom stereocenters. The van der Waals surface area contributed by atoms with Crippen LogP contribution in [0.1, 0.15) is 0 Å². The predicted molar refractivity (Wildman–Crippen MR) is 44.5 cm³/mol. The van der Waals surface area contributed by atoms with E-state index in [0.29, 0.717) is 16.5 Å². The number of carbonyl (C=O) groups excluding carboxylic acids is 1. The zero-order valence-corrected chi connectivity index (χ0v) is 8.22. The molecule has 1 aliphatic rings. The molecule has 1 heterocycles. The first-order valence-electron chi connectivity index (χ1n) is 3.56. The number of carbonyl (C=O) groups is 1. The van der Waals surface area contributed by atoms with Crippen molar-refractivity contribution in [2.45, 2.75) is 5.00 Å². The quantitative estimate of drug-likeness (QED) is 0.696. The molecule has 69 valence electrons. The number of anilines is 1. The van der Waals surface area contributed by atoms with Gasteiger partial charge in [0.1, 0.15) is 0 Å². The molecule has 0 radical (unpaired) electrons. The molecule has 3 nitrogen and oxygen atoms in total. The van der Waals surface area contributed by atoms with Crippen LogP contribution in [0.25, 0.3) is 0 Å². The molecule has 1 aromatic rings. The zero-order chi connectivity index (χ0) is 9.42. The third-order valence-electron chi connectivity index (χ3n) is 1.63. The monoisotopic (exact) mass is 238 g/mol. The van der Waals surface area contributed by atoms with Crippen LogP contribution in [-0.4, -0.2) is 10.9 Å². The van der Waals surface area contributed by atoms with Crippen molar-refractivity contribution < 1.29 is 25.5 Å². The number of benzene rings is 1. The topological polar surface area (TPSA) is 38.3 Å². The van der Waals surface area contributed by atoms with Gasteiger partial charge >= 0.3 is 88.0 Å². The van der Waals surface area contributed by atoms with Gasteiger partial charge in [0, 0.05) is 0 Å². The summed E-state index contributed by atoms with van der Waals surface area (Å²) in [5.74, 6) is 0.346. The summed E-state index contributed by atoms with van der Waals surface area (Å²) in [5.41, 5.74) is 0.595. The SMILES string of the molecule is O=C1Nc2cc(Cl)ccc2O[CH]1[Fe]. The number of hydrogen-bond donors (Lipinski definition) is 1. The standard InChI is InChI=1S/C8H5ClNO2.Fe/c9-5-1-2-7-6(3-5)10-8(11)4-12-7;/h1-4H,(H,10,11);. The average molecular weight is 238 g/mol. The summed E-state index contributed by atoms with van der Waals surface area (Å²) in [4.78, 5) is 11.1. The third-order valence-corrected chi connectivity index (χ3v) is 2.28. The summed E-state index contributed by atoms with van der Waals surface area (Å²) >= 11 is 9.27. The summed E-state index contributed by atoms with van der Waals surface area (Å²) in [6, 6.07) is 5.04. The molecule has 5 heteroatoms. The molecule has 0 saturated carbocycles. The van der Waals surface area contributed by atoms with E-state index in [2.05, 4.69) is 21.3 Å². The first-order chi connectivity index (χ1) is 6.16. The van der Waals surface area contributed by atoms with Crippen molar-refractivity contribution in [1.29, 1.82) is 0 Å². The Morgan fingerprint density at radius 3 is 3.08 bits per heavy atom. The molecule has 1 aliphatic heterocycles. The molecule has 0 aliphatic carbocycles. The van der Waals surface area contributed by atoms with E-state index in [4.69, 9.17) is 16.3 Å². The van der Waals surface area contributed by atoms with Crippen molar-refractivity contribution in [2.75, 3.05) is 5.32 Å². The van der Waals surface area contributed by atoms with E-state index in [1.165, 1.54) is 0 Å². The van der Waals surface area contributed by atoms with Crippen molar-refractivity contribution in [1.82, 2.24) is 0 Å². The minimum atomic E-state index is -0.686. The molecule has 1 N–H and O–H groups in total. The fourth-order valence-electron chi connectivity index (χ4n) is 1.05. The Balaban J connectivity index is 2.42. The zero-order valence-electron chi connectivity index (χ0n) is 6.36. The Kier molecular flexibility index (Phi) is 2.20. The normalized spacial score (nSPS) is 20.2. The fourth-order valence-corrected chi connectivity index (χ4v) is 1.44. The van der Waals surface area contributed by atoms with Gasteiger partial charge in [-0.15, -0.1) is 0 Å². The van der Waals surface area contributed by atoms with Gasteiger partial charge in [-0.2, -0.15) is 0 Å². The molecule has 2 rings (SSSR count). The van der Waals surface area contributed by atoms with Crippen LogP contribution in [0.5, 0.6) is 5.75 Å². The fraction of sp³-hybridized carbons (Fsp3) is 0.125. The van der Waals surface area contributed by atoms with Gasteiger partial charge in [0.2, 0.25) is 0 Å². The van der Waals surface area contributed by atoms with Gasteiger partial charge in [-0.3, -0.25) is 0 Å². The van der Waals surface area contributed by atoms with Gasteiger partial charge in [-0.1, -0.05) is 0 Å². The van der Waals surface area contributed by atoms with Crippen LogP contribution in [0, 0.1) is 0 Å². The van der Waals surface area contributed by atoms with E-state index in [0.717, 1.165) is 0 Å². The van der Waals surface area contributed by atoms with Gasteiger partial charge in [0.05, 0.1) is 0 Å². The molecule has 13 heavy (non-hydrogen) atoms. The molecule has 0 spiro atoms. The molecular formula is C8H5ClFeNO2. The van der Waals surface area contributed by atoms with E-state index in [1.54, 1.807) is 18.2 Å². The summed E-state index contributed by atoms with van der Waals surface area (Å²) in [5, 5.41) is 2.51. The second kappa shape index (κ2) is 3.22. The summed E-state index contributed by atoms with van der Waals surface area (Å²) in [6.45, 7) is 0. The van der Waals surface area contributed by atoms with Gasteiger partial charge < -0.3 is 0 Å². The van der Waals surface area contributed by atoms with Crippen LogP contribution in [-0.2, 0) is 20.8 Å². The molecular weight excluding hydrogens is 233 g/mol. The van der Waals surface area contributed by atoms with Crippen LogP contribution >= 0.6 is 11.6 Å². The Morgan fingerprint density at radius 1 is 1.54 bits per heavy atom. The van der Waals surface area contributed by atoms with Crippen molar-refractivity contribution in [2.24, 2.45) is 0 Å². The number of rotatable bonds is 0.